The van der Waals surface area contributed by atoms with E-state index >= 15 is 0 Å². The van der Waals surface area contributed by atoms with Gasteiger partial charge in [-0.1, -0.05) is 18.6 Å². The standard InChI is InChI=1S/C17H25N3O2/c1-19-14-9-5-4-8-13(14)18-17(19)15-10-6-7-11-20(15)12-16(21-2)22-3/h4-5,8-9,15-16H,6-7,10-12H2,1-3H3. The predicted molar refractivity (Wildman–Crippen MR) is 86.7 cm³/mol. The van der Waals surface area contributed by atoms with E-state index in [1.807, 2.05) is 6.07 Å². The van der Waals surface area contributed by atoms with Gasteiger partial charge < -0.3 is 14.0 Å². The highest BCUT2D eigenvalue weighted by atomic mass is 16.7. The van der Waals surface area contributed by atoms with Crippen LogP contribution in [0.4, 0.5) is 0 Å². The van der Waals surface area contributed by atoms with Crippen molar-refractivity contribution in [2.75, 3.05) is 27.3 Å². The second-order valence-corrected chi connectivity index (χ2v) is 5.93. The first-order valence-corrected chi connectivity index (χ1v) is 7.95. The van der Waals surface area contributed by atoms with Gasteiger partial charge in [0.05, 0.1) is 23.6 Å². The highest BCUT2D eigenvalue weighted by Gasteiger charge is 2.29. The lowest BCUT2D eigenvalue weighted by Gasteiger charge is -2.36. The number of ether oxygens (including phenoxy) is 2. The number of rotatable bonds is 5. The van der Waals surface area contributed by atoms with Crippen LogP contribution in [0.2, 0.25) is 0 Å². The Morgan fingerprint density at radius 3 is 2.73 bits per heavy atom. The number of piperidine rings is 1. The van der Waals surface area contributed by atoms with Crippen LogP contribution in [-0.2, 0) is 16.5 Å². The molecule has 1 atom stereocenters. The molecule has 1 saturated heterocycles. The number of para-hydroxylation sites is 2. The number of nitrogens with zero attached hydrogens (tertiary/aromatic N) is 3. The Morgan fingerprint density at radius 2 is 2.00 bits per heavy atom. The van der Waals surface area contributed by atoms with Crippen LogP contribution in [0.1, 0.15) is 31.1 Å². The lowest BCUT2D eigenvalue weighted by Crippen LogP contribution is -2.41. The van der Waals surface area contributed by atoms with Crippen LogP contribution in [0.15, 0.2) is 24.3 Å². The molecule has 3 rings (SSSR count). The largest absolute Gasteiger partial charge is 0.355 e. The first kappa shape index (κ1) is 15.5. The van der Waals surface area contributed by atoms with Crippen molar-refractivity contribution >= 4 is 11.0 Å². The Morgan fingerprint density at radius 1 is 1.23 bits per heavy atom. The van der Waals surface area contributed by atoms with E-state index in [4.69, 9.17) is 14.5 Å². The van der Waals surface area contributed by atoms with Gasteiger partial charge in [0.2, 0.25) is 0 Å². The molecule has 0 bridgehead atoms. The summed E-state index contributed by atoms with van der Waals surface area (Å²) in [5.74, 6) is 1.15. The Labute approximate surface area is 131 Å². The van der Waals surface area contributed by atoms with Crippen LogP contribution in [0.5, 0.6) is 0 Å². The minimum absolute atomic E-state index is 0.185. The maximum Gasteiger partial charge on any atom is 0.169 e. The lowest BCUT2D eigenvalue weighted by molar-refractivity contribution is -0.123. The maximum absolute atomic E-state index is 5.38. The Hall–Kier alpha value is -1.43. The van der Waals surface area contributed by atoms with Gasteiger partial charge in [-0.3, -0.25) is 4.90 Å². The van der Waals surface area contributed by atoms with E-state index in [-0.39, 0.29) is 6.29 Å². The highest BCUT2D eigenvalue weighted by molar-refractivity contribution is 5.75. The van der Waals surface area contributed by atoms with E-state index in [1.54, 1.807) is 14.2 Å². The molecule has 0 radical (unpaired) electrons. The summed E-state index contributed by atoms with van der Waals surface area (Å²) >= 11 is 0. The molecule has 0 N–H and O–H groups in total. The third-order valence-corrected chi connectivity index (χ3v) is 4.64. The van der Waals surface area contributed by atoms with Gasteiger partial charge in [0.25, 0.3) is 0 Å². The summed E-state index contributed by atoms with van der Waals surface area (Å²) in [6, 6.07) is 8.66. The number of methoxy groups -OCH3 is 2. The monoisotopic (exact) mass is 303 g/mol. The van der Waals surface area contributed by atoms with Crippen LogP contribution in [0.3, 0.4) is 0 Å². The van der Waals surface area contributed by atoms with E-state index in [1.165, 1.54) is 18.4 Å². The van der Waals surface area contributed by atoms with E-state index in [9.17, 15) is 0 Å². The number of hydrogen-bond acceptors (Lipinski definition) is 4. The molecule has 0 aliphatic carbocycles. The van der Waals surface area contributed by atoms with Gasteiger partial charge >= 0.3 is 0 Å². The molecule has 22 heavy (non-hydrogen) atoms. The fraction of sp³-hybridized carbons (Fsp3) is 0.588. The summed E-state index contributed by atoms with van der Waals surface area (Å²) in [5, 5.41) is 0. The first-order valence-electron chi connectivity index (χ1n) is 7.95. The maximum atomic E-state index is 5.38. The van der Waals surface area contributed by atoms with Gasteiger partial charge in [0.1, 0.15) is 5.82 Å². The zero-order valence-electron chi connectivity index (χ0n) is 13.7. The Balaban J connectivity index is 1.90. The van der Waals surface area contributed by atoms with E-state index in [0.29, 0.717) is 6.04 Å². The molecule has 0 amide bonds. The molecular formula is C17H25N3O2. The quantitative estimate of drug-likeness (QED) is 0.796. The molecule has 1 fully saturated rings. The van der Waals surface area contributed by atoms with Gasteiger partial charge in [-0.05, 0) is 31.5 Å². The summed E-state index contributed by atoms with van der Waals surface area (Å²) < 4.78 is 13.0. The number of aromatic nitrogens is 2. The molecule has 5 nitrogen and oxygen atoms in total. The molecule has 2 aromatic rings. The lowest BCUT2D eigenvalue weighted by atomic mass is 10.0. The number of benzene rings is 1. The number of hydrogen-bond donors (Lipinski definition) is 0. The predicted octanol–water partition coefficient (Wildman–Crippen LogP) is 2.72. The first-order chi connectivity index (χ1) is 10.7. The molecule has 1 aromatic heterocycles. The second-order valence-electron chi connectivity index (χ2n) is 5.93. The van der Waals surface area contributed by atoms with Crippen LogP contribution in [-0.4, -0.2) is 48.1 Å². The molecule has 0 spiro atoms. The normalized spacial score (nSPS) is 20.1. The van der Waals surface area contributed by atoms with Gasteiger partial charge in [-0.2, -0.15) is 0 Å². The van der Waals surface area contributed by atoms with Crippen molar-refractivity contribution in [2.24, 2.45) is 7.05 Å². The fourth-order valence-electron chi connectivity index (χ4n) is 3.40. The van der Waals surface area contributed by atoms with Crippen molar-refractivity contribution in [2.45, 2.75) is 31.6 Å². The average molecular weight is 303 g/mol. The summed E-state index contributed by atoms with van der Waals surface area (Å²) in [6.45, 7) is 1.85. The molecule has 1 aromatic carbocycles. The number of aryl methyl sites for hydroxylation is 1. The van der Waals surface area contributed by atoms with Crippen molar-refractivity contribution in [1.29, 1.82) is 0 Å². The van der Waals surface area contributed by atoms with Crippen molar-refractivity contribution in [1.82, 2.24) is 14.5 Å². The molecular weight excluding hydrogens is 278 g/mol. The van der Waals surface area contributed by atoms with Gasteiger partial charge in [0.15, 0.2) is 6.29 Å². The van der Waals surface area contributed by atoms with Crippen LogP contribution in [0, 0.1) is 0 Å². The average Bonchev–Trinajstić information content (AvgIpc) is 2.90. The molecule has 5 heteroatoms. The highest BCUT2D eigenvalue weighted by Crippen LogP contribution is 2.32. The summed E-state index contributed by atoms with van der Waals surface area (Å²) in [6.07, 6.45) is 3.42. The minimum atomic E-state index is -0.185. The van der Waals surface area contributed by atoms with Crippen molar-refractivity contribution < 1.29 is 9.47 Å². The van der Waals surface area contributed by atoms with Crippen molar-refractivity contribution in [3.05, 3.63) is 30.1 Å². The van der Waals surface area contributed by atoms with Crippen LogP contribution >= 0.6 is 0 Å². The Kier molecular flexibility index (Phi) is 4.76. The third-order valence-electron chi connectivity index (χ3n) is 4.64. The van der Waals surface area contributed by atoms with Crippen molar-refractivity contribution in [3.8, 4) is 0 Å². The molecule has 0 saturated carbocycles. The van der Waals surface area contributed by atoms with Crippen LogP contribution < -0.4 is 0 Å². The summed E-state index contributed by atoms with van der Waals surface area (Å²) in [4.78, 5) is 7.33. The summed E-state index contributed by atoms with van der Waals surface area (Å²) in [7, 11) is 5.51. The number of imidazole rings is 1. The van der Waals surface area contributed by atoms with Crippen LogP contribution in [0.25, 0.3) is 11.0 Å². The summed E-state index contributed by atoms with van der Waals surface area (Å²) in [5.41, 5.74) is 2.26. The van der Waals surface area contributed by atoms with Gasteiger partial charge in [-0.15, -0.1) is 0 Å². The molecule has 1 aliphatic rings. The number of fused-ring (bicyclic) bond motifs is 1. The fourth-order valence-corrected chi connectivity index (χ4v) is 3.40. The van der Waals surface area contributed by atoms with Crippen molar-refractivity contribution in [3.63, 3.8) is 0 Å². The minimum Gasteiger partial charge on any atom is -0.355 e. The number of likely N-dealkylation sites (tertiary alicyclic amines) is 1. The molecule has 120 valence electrons. The zero-order chi connectivity index (χ0) is 15.5. The molecule has 1 aliphatic heterocycles. The van der Waals surface area contributed by atoms with E-state index in [2.05, 4.69) is 34.7 Å². The smallest absolute Gasteiger partial charge is 0.169 e. The zero-order valence-corrected chi connectivity index (χ0v) is 13.7. The SMILES string of the molecule is COC(CN1CCCCC1c1nc2ccccc2n1C)OC. The Bertz CT molecular complexity index is 621. The van der Waals surface area contributed by atoms with E-state index in [0.717, 1.165) is 30.9 Å². The third kappa shape index (κ3) is 2.89. The molecule has 1 unspecified atom stereocenters. The second kappa shape index (κ2) is 6.77. The van der Waals surface area contributed by atoms with Gasteiger partial charge in [-0.25, -0.2) is 4.98 Å². The topological polar surface area (TPSA) is 39.5 Å². The molecule has 2 heterocycles. The van der Waals surface area contributed by atoms with E-state index < -0.39 is 0 Å². The van der Waals surface area contributed by atoms with Gasteiger partial charge in [0, 0.05) is 21.3 Å².